The molecule has 0 aliphatic rings. The van der Waals surface area contributed by atoms with Crippen LogP contribution in [0.15, 0.2) is 97.3 Å². The van der Waals surface area contributed by atoms with Gasteiger partial charge in [-0.25, -0.2) is 9.97 Å². The van der Waals surface area contributed by atoms with Crippen molar-refractivity contribution >= 4 is 34.9 Å². The monoisotopic (exact) mass is 408 g/mol. The number of phenols is 1. The van der Waals surface area contributed by atoms with Crippen LogP contribution in [0, 0.1) is 0 Å². The van der Waals surface area contributed by atoms with Crippen LogP contribution in [0.4, 0.5) is 23.0 Å². The van der Waals surface area contributed by atoms with E-state index in [0.29, 0.717) is 17.2 Å². The highest BCUT2D eigenvalue weighted by Crippen LogP contribution is 2.23. The van der Waals surface area contributed by atoms with Crippen molar-refractivity contribution in [2.24, 2.45) is 0 Å². The minimum Gasteiger partial charge on any atom is -0.508 e. The maximum absolute atomic E-state index is 12.9. The molecule has 4 rings (SSSR count). The van der Waals surface area contributed by atoms with E-state index in [4.69, 9.17) is 0 Å². The topological polar surface area (TPSA) is 87.1 Å². The number of aromatic nitrogens is 2. The van der Waals surface area contributed by atoms with Gasteiger partial charge in [0.05, 0.1) is 5.56 Å². The van der Waals surface area contributed by atoms with Crippen molar-refractivity contribution in [1.29, 1.82) is 0 Å². The van der Waals surface area contributed by atoms with E-state index in [-0.39, 0.29) is 11.5 Å². The fraction of sp³-hybridized carbons (Fsp3) is 0. The Morgan fingerprint density at radius 1 is 0.742 bits per heavy atom. The molecule has 2 heterocycles. The Balaban J connectivity index is 1.55. The zero-order chi connectivity index (χ0) is 21.5. The van der Waals surface area contributed by atoms with Gasteiger partial charge in [0.1, 0.15) is 17.4 Å². The summed E-state index contributed by atoms with van der Waals surface area (Å²) in [6.07, 6.45) is 6.54. The molecule has 3 N–H and O–H groups in total. The number of phenolic OH excluding ortho intramolecular Hbond substituents is 1. The van der Waals surface area contributed by atoms with Crippen molar-refractivity contribution in [3.05, 3.63) is 108 Å². The second-order valence-electron chi connectivity index (χ2n) is 6.70. The number of para-hydroxylation sites is 1. The number of benzene rings is 2. The van der Waals surface area contributed by atoms with Crippen LogP contribution < -0.4 is 10.6 Å². The van der Waals surface area contributed by atoms with E-state index < -0.39 is 0 Å². The number of anilines is 4. The van der Waals surface area contributed by atoms with E-state index in [1.54, 1.807) is 60.9 Å². The zero-order valence-electron chi connectivity index (χ0n) is 16.6. The second-order valence-corrected chi connectivity index (χ2v) is 6.70. The molecule has 4 aromatic rings. The van der Waals surface area contributed by atoms with Crippen molar-refractivity contribution in [3.8, 4) is 5.75 Å². The van der Waals surface area contributed by atoms with Crippen LogP contribution in [0.2, 0.25) is 0 Å². The highest BCUT2D eigenvalue weighted by molar-refractivity contribution is 6.10. The number of hydrogen-bond acceptors (Lipinski definition) is 6. The molecular weight excluding hydrogens is 388 g/mol. The number of nitrogens with zero attached hydrogens (tertiary/aromatic N) is 2. The first-order valence-corrected chi connectivity index (χ1v) is 9.69. The van der Waals surface area contributed by atoms with Crippen molar-refractivity contribution in [2.75, 3.05) is 10.6 Å². The van der Waals surface area contributed by atoms with Gasteiger partial charge in [-0.05, 0) is 72.8 Å². The van der Waals surface area contributed by atoms with Crippen LogP contribution in [-0.4, -0.2) is 20.9 Å². The largest absolute Gasteiger partial charge is 0.508 e. The van der Waals surface area contributed by atoms with E-state index in [9.17, 15) is 9.90 Å². The van der Waals surface area contributed by atoms with E-state index in [2.05, 4.69) is 20.6 Å². The summed E-state index contributed by atoms with van der Waals surface area (Å²) in [5.74, 6) is 1.11. The van der Waals surface area contributed by atoms with Gasteiger partial charge in [-0.3, -0.25) is 4.79 Å². The third-order valence-corrected chi connectivity index (χ3v) is 4.49. The number of aromatic hydroxyl groups is 1. The lowest BCUT2D eigenvalue weighted by Crippen LogP contribution is -2.03. The van der Waals surface area contributed by atoms with Crippen molar-refractivity contribution in [1.82, 2.24) is 9.97 Å². The average molecular weight is 408 g/mol. The molecule has 0 radical (unpaired) electrons. The quantitative estimate of drug-likeness (QED) is 0.211. The number of carbonyl (C=O) groups is 1. The van der Waals surface area contributed by atoms with Gasteiger partial charge in [0.2, 0.25) is 0 Å². The van der Waals surface area contributed by atoms with Gasteiger partial charge in [-0.15, -0.1) is 0 Å². The normalized spacial score (nSPS) is 10.7. The molecule has 0 aliphatic heterocycles. The van der Waals surface area contributed by atoms with Gasteiger partial charge >= 0.3 is 0 Å². The minimum atomic E-state index is -0.175. The molecule has 0 bridgehead atoms. The van der Waals surface area contributed by atoms with Gasteiger partial charge < -0.3 is 15.7 Å². The molecule has 6 heteroatoms. The number of rotatable bonds is 7. The molecule has 0 saturated heterocycles. The minimum absolute atomic E-state index is 0.175. The van der Waals surface area contributed by atoms with Crippen LogP contribution >= 0.6 is 0 Å². The molecule has 0 amide bonds. The molecule has 0 unspecified atom stereocenters. The van der Waals surface area contributed by atoms with Gasteiger partial charge in [0.15, 0.2) is 5.78 Å². The first-order chi connectivity index (χ1) is 15.2. The Morgan fingerprint density at radius 2 is 1.39 bits per heavy atom. The highest BCUT2D eigenvalue weighted by Gasteiger charge is 2.10. The maximum Gasteiger partial charge on any atom is 0.189 e. The van der Waals surface area contributed by atoms with E-state index in [1.807, 2.05) is 36.4 Å². The number of ketones is 1. The maximum atomic E-state index is 12.9. The van der Waals surface area contributed by atoms with E-state index in [0.717, 1.165) is 16.9 Å². The average Bonchev–Trinajstić information content (AvgIpc) is 2.81. The molecule has 0 aliphatic carbocycles. The Kier molecular flexibility index (Phi) is 6.00. The molecule has 0 atom stereocenters. The number of carbonyl (C=O) groups excluding carboxylic acids is 1. The first kappa shape index (κ1) is 19.8. The van der Waals surface area contributed by atoms with Gasteiger partial charge in [0.25, 0.3) is 0 Å². The number of hydrogen-bond donors (Lipinski definition) is 3. The van der Waals surface area contributed by atoms with E-state index >= 15 is 0 Å². The van der Waals surface area contributed by atoms with Gasteiger partial charge in [-0.1, -0.05) is 18.2 Å². The zero-order valence-corrected chi connectivity index (χ0v) is 16.6. The number of pyridine rings is 2. The lowest BCUT2D eigenvalue weighted by atomic mass is 10.1. The smallest absolute Gasteiger partial charge is 0.189 e. The Hall–Kier alpha value is -4.45. The van der Waals surface area contributed by atoms with Gasteiger partial charge in [-0.2, -0.15) is 0 Å². The lowest BCUT2D eigenvalue weighted by Gasteiger charge is -2.09. The van der Waals surface area contributed by atoms with Crippen LogP contribution in [0.5, 0.6) is 5.75 Å². The summed E-state index contributed by atoms with van der Waals surface area (Å²) in [7, 11) is 0. The molecule has 0 spiro atoms. The van der Waals surface area contributed by atoms with Gasteiger partial charge in [0, 0.05) is 29.3 Å². The SMILES string of the molecule is O=C(/C=C/c1cccnc1Nc1ccc(O)cc1)c1cccnc1Nc1ccccc1. The predicted octanol–water partition coefficient (Wildman–Crippen LogP) is 5.57. The third kappa shape index (κ3) is 5.13. The number of nitrogens with one attached hydrogen (secondary N) is 2. The van der Waals surface area contributed by atoms with Crippen molar-refractivity contribution in [3.63, 3.8) is 0 Å². The third-order valence-electron chi connectivity index (χ3n) is 4.49. The van der Waals surface area contributed by atoms with Crippen LogP contribution in [0.3, 0.4) is 0 Å². The molecule has 31 heavy (non-hydrogen) atoms. The highest BCUT2D eigenvalue weighted by atomic mass is 16.3. The fourth-order valence-electron chi connectivity index (χ4n) is 2.96. The number of allylic oxidation sites excluding steroid dienone is 1. The lowest BCUT2D eigenvalue weighted by molar-refractivity contribution is 0.104. The summed E-state index contributed by atoms with van der Waals surface area (Å²) in [6, 6.07) is 23.4. The second kappa shape index (κ2) is 9.37. The molecular formula is C25H20N4O2. The molecule has 152 valence electrons. The van der Waals surface area contributed by atoms with Crippen LogP contribution in [-0.2, 0) is 0 Å². The van der Waals surface area contributed by atoms with Crippen molar-refractivity contribution in [2.45, 2.75) is 0 Å². The van der Waals surface area contributed by atoms with Crippen LogP contribution in [0.25, 0.3) is 6.08 Å². The predicted molar refractivity (Wildman–Crippen MR) is 123 cm³/mol. The summed E-state index contributed by atoms with van der Waals surface area (Å²) < 4.78 is 0. The Labute approximate surface area is 180 Å². The summed E-state index contributed by atoms with van der Waals surface area (Å²) in [6.45, 7) is 0. The van der Waals surface area contributed by atoms with Crippen molar-refractivity contribution < 1.29 is 9.90 Å². The molecule has 6 nitrogen and oxygen atoms in total. The molecule has 2 aromatic carbocycles. The Morgan fingerprint density at radius 3 is 2.16 bits per heavy atom. The fourth-order valence-corrected chi connectivity index (χ4v) is 2.96. The molecule has 0 saturated carbocycles. The van der Waals surface area contributed by atoms with E-state index in [1.165, 1.54) is 6.08 Å². The summed E-state index contributed by atoms with van der Waals surface area (Å²) in [5.41, 5.74) is 2.86. The van der Waals surface area contributed by atoms with Crippen LogP contribution in [0.1, 0.15) is 15.9 Å². The molecule has 0 fully saturated rings. The summed E-state index contributed by atoms with van der Waals surface area (Å²) in [4.78, 5) is 21.6. The summed E-state index contributed by atoms with van der Waals surface area (Å²) in [5, 5.41) is 15.8. The Bertz CT molecular complexity index is 1210. The summed E-state index contributed by atoms with van der Waals surface area (Å²) >= 11 is 0. The standard InChI is InChI=1S/C25H20N4O2/c30-21-13-11-20(12-14-21)28-24-18(6-4-16-26-24)10-15-23(31)22-9-5-17-27-25(22)29-19-7-2-1-3-8-19/h1-17,30H,(H,26,28)(H,27,29)/b15-10+. The molecule has 2 aromatic heterocycles. The first-order valence-electron chi connectivity index (χ1n) is 9.69.